The molecule has 1 fully saturated rings. The van der Waals surface area contributed by atoms with Crippen molar-refractivity contribution >= 4 is 18.0 Å². The van der Waals surface area contributed by atoms with E-state index in [1.807, 2.05) is 36.4 Å². The Morgan fingerprint density at radius 3 is 2.52 bits per heavy atom. The number of methoxy groups -OCH3 is 1. The molecular formula is C26H31NO4. The van der Waals surface area contributed by atoms with Gasteiger partial charge in [-0.2, -0.15) is 0 Å². The highest BCUT2D eigenvalue weighted by molar-refractivity contribution is 5.97. The van der Waals surface area contributed by atoms with E-state index in [1.165, 1.54) is 38.4 Å². The van der Waals surface area contributed by atoms with Crippen LogP contribution < -0.4 is 10.1 Å². The van der Waals surface area contributed by atoms with E-state index >= 15 is 0 Å². The molecule has 31 heavy (non-hydrogen) atoms. The SMILES string of the molecule is COC(=O)C(=Cc1ccc(OCc2cccc(C)c2)cc1)NC(=O)CCC1CCCC1. The summed E-state index contributed by atoms with van der Waals surface area (Å²) in [6.07, 6.45) is 7.83. The molecular weight excluding hydrogens is 390 g/mol. The van der Waals surface area contributed by atoms with Crippen LogP contribution in [-0.2, 0) is 20.9 Å². The number of amides is 1. The molecule has 0 radical (unpaired) electrons. The van der Waals surface area contributed by atoms with E-state index in [2.05, 4.69) is 24.4 Å². The molecule has 3 rings (SSSR count). The van der Waals surface area contributed by atoms with Crippen molar-refractivity contribution in [2.24, 2.45) is 5.92 Å². The maximum atomic E-state index is 12.3. The summed E-state index contributed by atoms with van der Waals surface area (Å²) in [5.41, 5.74) is 3.23. The Labute approximate surface area is 184 Å². The van der Waals surface area contributed by atoms with Gasteiger partial charge in [0.25, 0.3) is 0 Å². The largest absolute Gasteiger partial charge is 0.489 e. The number of carbonyl (C=O) groups excluding carboxylic acids is 2. The van der Waals surface area contributed by atoms with Crippen LogP contribution in [0.5, 0.6) is 5.75 Å². The Kier molecular flexibility index (Phi) is 8.27. The van der Waals surface area contributed by atoms with Gasteiger partial charge in [0, 0.05) is 6.42 Å². The number of aryl methyl sites for hydroxylation is 1. The van der Waals surface area contributed by atoms with E-state index in [0.29, 0.717) is 18.9 Å². The number of benzene rings is 2. The zero-order chi connectivity index (χ0) is 22.1. The molecule has 1 amide bonds. The molecule has 1 N–H and O–H groups in total. The van der Waals surface area contributed by atoms with E-state index in [1.54, 1.807) is 6.08 Å². The summed E-state index contributed by atoms with van der Waals surface area (Å²) in [5, 5.41) is 2.72. The Morgan fingerprint density at radius 2 is 1.84 bits per heavy atom. The van der Waals surface area contributed by atoms with E-state index in [0.717, 1.165) is 23.3 Å². The van der Waals surface area contributed by atoms with Crippen LogP contribution in [-0.4, -0.2) is 19.0 Å². The molecule has 0 spiro atoms. The topological polar surface area (TPSA) is 64.6 Å². The highest BCUT2D eigenvalue weighted by atomic mass is 16.5. The summed E-state index contributed by atoms with van der Waals surface area (Å²) in [6, 6.07) is 15.6. The smallest absolute Gasteiger partial charge is 0.354 e. The van der Waals surface area contributed by atoms with Crippen LogP contribution in [0.3, 0.4) is 0 Å². The summed E-state index contributed by atoms with van der Waals surface area (Å²) in [7, 11) is 1.31. The lowest BCUT2D eigenvalue weighted by Crippen LogP contribution is -2.28. The van der Waals surface area contributed by atoms with Gasteiger partial charge in [-0.15, -0.1) is 0 Å². The average molecular weight is 422 g/mol. The number of rotatable bonds is 9. The van der Waals surface area contributed by atoms with Crippen LogP contribution in [0, 0.1) is 12.8 Å². The minimum atomic E-state index is -0.561. The molecule has 0 bridgehead atoms. The van der Waals surface area contributed by atoms with Crippen molar-refractivity contribution in [3.63, 3.8) is 0 Å². The van der Waals surface area contributed by atoms with Crippen molar-refractivity contribution in [3.05, 3.63) is 70.9 Å². The fourth-order valence-electron chi connectivity index (χ4n) is 3.90. The normalized spacial score (nSPS) is 14.3. The maximum Gasteiger partial charge on any atom is 0.354 e. The molecule has 0 unspecified atom stereocenters. The van der Waals surface area contributed by atoms with E-state index in [9.17, 15) is 9.59 Å². The van der Waals surface area contributed by atoms with Gasteiger partial charge in [-0.25, -0.2) is 4.79 Å². The fraction of sp³-hybridized carbons (Fsp3) is 0.385. The number of hydrogen-bond acceptors (Lipinski definition) is 4. The van der Waals surface area contributed by atoms with Crippen LogP contribution >= 0.6 is 0 Å². The molecule has 2 aromatic rings. The molecule has 1 aliphatic carbocycles. The standard InChI is InChI=1S/C26H31NO4/c1-19-6-5-9-22(16-19)18-31-23-13-10-21(11-14-23)17-24(26(29)30-2)27-25(28)15-12-20-7-3-4-8-20/h5-6,9-11,13-14,16-17,20H,3-4,7-8,12,15,18H2,1-2H3,(H,27,28). The number of nitrogens with one attached hydrogen (secondary N) is 1. The van der Waals surface area contributed by atoms with Crippen LogP contribution in [0.25, 0.3) is 6.08 Å². The average Bonchev–Trinajstić information content (AvgIpc) is 3.30. The van der Waals surface area contributed by atoms with Gasteiger partial charge in [-0.1, -0.05) is 67.6 Å². The molecule has 164 valence electrons. The van der Waals surface area contributed by atoms with Gasteiger partial charge in [0.1, 0.15) is 18.1 Å². The first kappa shape index (κ1) is 22.6. The lowest BCUT2D eigenvalue weighted by Gasteiger charge is -2.11. The first-order valence-corrected chi connectivity index (χ1v) is 10.9. The minimum Gasteiger partial charge on any atom is -0.489 e. The minimum absolute atomic E-state index is 0.146. The molecule has 0 aromatic heterocycles. The van der Waals surface area contributed by atoms with Crippen molar-refractivity contribution in [2.75, 3.05) is 7.11 Å². The molecule has 1 saturated carbocycles. The third-order valence-corrected chi connectivity index (χ3v) is 5.61. The highest BCUT2D eigenvalue weighted by Gasteiger charge is 2.18. The third-order valence-electron chi connectivity index (χ3n) is 5.61. The van der Waals surface area contributed by atoms with Gasteiger partial charge in [-0.05, 0) is 48.6 Å². The highest BCUT2D eigenvalue weighted by Crippen LogP contribution is 2.28. The second kappa shape index (κ2) is 11.3. The van der Waals surface area contributed by atoms with Crippen LogP contribution in [0.4, 0.5) is 0 Å². The quantitative estimate of drug-likeness (QED) is 0.448. The molecule has 1 aliphatic rings. The summed E-state index contributed by atoms with van der Waals surface area (Å²) in [6.45, 7) is 2.54. The Morgan fingerprint density at radius 1 is 1.10 bits per heavy atom. The van der Waals surface area contributed by atoms with Gasteiger partial charge in [-0.3, -0.25) is 4.79 Å². The van der Waals surface area contributed by atoms with Crippen molar-refractivity contribution in [2.45, 2.75) is 52.1 Å². The van der Waals surface area contributed by atoms with Crippen molar-refractivity contribution in [3.8, 4) is 5.75 Å². The number of carbonyl (C=O) groups is 2. The fourth-order valence-corrected chi connectivity index (χ4v) is 3.90. The molecule has 0 saturated heterocycles. The molecule has 0 heterocycles. The van der Waals surface area contributed by atoms with E-state index in [-0.39, 0.29) is 11.6 Å². The first-order valence-electron chi connectivity index (χ1n) is 10.9. The van der Waals surface area contributed by atoms with Gasteiger partial charge < -0.3 is 14.8 Å². The molecule has 0 aliphatic heterocycles. The Balaban J connectivity index is 1.58. The van der Waals surface area contributed by atoms with Gasteiger partial charge in [0.05, 0.1) is 7.11 Å². The number of esters is 1. The molecule has 5 heteroatoms. The van der Waals surface area contributed by atoms with Crippen molar-refractivity contribution in [1.29, 1.82) is 0 Å². The molecule has 0 atom stereocenters. The van der Waals surface area contributed by atoms with Gasteiger partial charge >= 0.3 is 5.97 Å². The summed E-state index contributed by atoms with van der Waals surface area (Å²) < 4.78 is 10.7. The second-order valence-electron chi connectivity index (χ2n) is 8.13. The van der Waals surface area contributed by atoms with Crippen LogP contribution in [0.15, 0.2) is 54.2 Å². The zero-order valence-corrected chi connectivity index (χ0v) is 18.4. The molecule has 5 nitrogen and oxygen atoms in total. The lowest BCUT2D eigenvalue weighted by atomic mass is 10.0. The second-order valence-corrected chi connectivity index (χ2v) is 8.13. The van der Waals surface area contributed by atoms with Gasteiger partial charge in [0.15, 0.2) is 0 Å². The summed E-state index contributed by atoms with van der Waals surface area (Å²) in [4.78, 5) is 24.5. The monoisotopic (exact) mass is 421 g/mol. The van der Waals surface area contributed by atoms with Gasteiger partial charge in [0.2, 0.25) is 5.91 Å². The van der Waals surface area contributed by atoms with Crippen molar-refractivity contribution < 1.29 is 19.1 Å². The first-order chi connectivity index (χ1) is 15.0. The van der Waals surface area contributed by atoms with E-state index in [4.69, 9.17) is 9.47 Å². The molecule has 2 aromatic carbocycles. The lowest BCUT2D eigenvalue weighted by molar-refractivity contribution is -0.137. The number of ether oxygens (including phenoxy) is 2. The Bertz CT molecular complexity index is 911. The summed E-state index contributed by atoms with van der Waals surface area (Å²) >= 11 is 0. The van der Waals surface area contributed by atoms with Crippen LogP contribution in [0.2, 0.25) is 0 Å². The Hall–Kier alpha value is -3.08. The zero-order valence-electron chi connectivity index (χ0n) is 18.4. The maximum absolute atomic E-state index is 12.3. The third kappa shape index (κ3) is 7.28. The predicted molar refractivity (Wildman–Crippen MR) is 121 cm³/mol. The van der Waals surface area contributed by atoms with Crippen LogP contribution in [0.1, 0.15) is 55.2 Å². The van der Waals surface area contributed by atoms with E-state index < -0.39 is 5.97 Å². The predicted octanol–water partition coefficient (Wildman–Crippen LogP) is 5.17. The number of hydrogen-bond donors (Lipinski definition) is 1. The van der Waals surface area contributed by atoms with Crippen molar-refractivity contribution in [1.82, 2.24) is 5.32 Å². The summed E-state index contributed by atoms with van der Waals surface area (Å²) in [5.74, 6) is 0.651.